The summed E-state index contributed by atoms with van der Waals surface area (Å²) < 4.78 is 16.4. The monoisotopic (exact) mass is 440 g/mol. The van der Waals surface area contributed by atoms with E-state index in [2.05, 4.69) is 30.7 Å². The fraction of sp³-hybridized carbons (Fsp3) is 0.409. The second-order valence-electron chi connectivity index (χ2n) is 8.46. The predicted octanol–water partition coefficient (Wildman–Crippen LogP) is 5.02. The maximum atomic E-state index is 12.1. The average molecular weight is 441 g/mol. The van der Waals surface area contributed by atoms with Crippen molar-refractivity contribution in [2.24, 2.45) is 0 Å². The molecular weight excluding hydrogens is 412 g/mol. The number of aromatic nitrogens is 4. The lowest BCUT2D eigenvalue weighted by Crippen LogP contribution is -2.27. The van der Waals surface area contributed by atoms with E-state index in [1.807, 2.05) is 20.8 Å². The largest absolute Gasteiger partial charge is 0.474 e. The van der Waals surface area contributed by atoms with Gasteiger partial charge in [-0.05, 0) is 60.6 Å². The number of carbonyl (C=O) groups is 1. The van der Waals surface area contributed by atoms with E-state index in [4.69, 9.17) is 14.0 Å². The second-order valence-corrected chi connectivity index (χ2v) is 8.46. The van der Waals surface area contributed by atoms with Gasteiger partial charge in [0.2, 0.25) is 11.6 Å². The lowest BCUT2D eigenvalue weighted by atomic mass is 10.2. The highest BCUT2D eigenvalue weighted by Crippen LogP contribution is 2.33. The first-order valence-corrected chi connectivity index (χ1v) is 10.2. The van der Waals surface area contributed by atoms with Crippen LogP contribution in [0.5, 0.6) is 5.88 Å². The van der Waals surface area contributed by atoms with Crippen LogP contribution in [0, 0.1) is 13.8 Å². The minimum absolute atomic E-state index is 0.0209. The topological polar surface area (TPSA) is 124 Å². The van der Waals surface area contributed by atoms with Crippen LogP contribution in [-0.2, 0) is 4.74 Å². The number of nitrogens with one attached hydrogen (secondary N) is 2. The molecule has 0 aliphatic heterocycles. The van der Waals surface area contributed by atoms with Crippen LogP contribution >= 0.6 is 0 Å². The van der Waals surface area contributed by atoms with Crippen LogP contribution in [0.1, 0.15) is 46.0 Å². The number of rotatable bonds is 6. The van der Waals surface area contributed by atoms with Gasteiger partial charge in [0.15, 0.2) is 5.82 Å². The first kappa shape index (κ1) is 23.0. The number of carbonyl (C=O) groups excluding carboxylic acids is 1. The SMILES string of the molecule is Cc1nc(-c2onc(C)c2Nc2cncc(OC(C)C)n2)ccc1NC(=O)OC(C)(C)C. The fourth-order valence-electron chi connectivity index (χ4n) is 2.76. The highest BCUT2D eigenvalue weighted by Gasteiger charge is 2.20. The van der Waals surface area contributed by atoms with E-state index in [9.17, 15) is 4.79 Å². The van der Waals surface area contributed by atoms with Crippen LogP contribution in [0.4, 0.5) is 22.0 Å². The first-order chi connectivity index (χ1) is 15.0. The van der Waals surface area contributed by atoms with Gasteiger partial charge in [0.1, 0.15) is 22.7 Å². The molecule has 170 valence electrons. The maximum Gasteiger partial charge on any atom is 0.412 e. The molecule has 1 amide bonds. The third-order valence-corrected chi connectivity index (χ3v) is 4.04. The number of ether oxygens (including phenoxy) is 2. The highest BCUT2D eigenvalue weighted by molar-refractivity contribution is 5.86. The van der Waals surface area contributed by atoms with Crippen molar-refractivity contribution in [2.45, 2.75) is 60.2 Å². The van der Waals surface area contributed by atoms with E-state index < -0.39 is 11.7 Å². The Morgan fingerprint density at radius 3 is 2.50 bits per heavy atom. The summed E-state index contributed by atoms with van der Waals surface area (Å²) in [5.74, 6) is 1.33. The van der Waals surface area contributed by atoms with Gasteiger partial charge in [-0.3, -0.25) is 10.3 Å². The average Bonchev–Trinajstić information content (AvgIpc) is 3.02. The molecule has 0 aliphatic rings. The summed E-state index contributed by atoms with van der Waals surface area (Å²) >= 11 is 0. The molecule has 0 bridgehead atoms. The van der Waals surface area contributed by atoms with Crippen molar-refractivity contribution in [3.05, 3.63) is 35.9 Å². The Kier molecular flexibility index (Phi) is 6.61. The van der Waals surface area contributed by atoms with Crippen LogP contribution in [0.2, 0.25) is 0 Å². The first-order valence-electron chi connectivity index (χ1n) is 10.2. The lowest BCUT2D eigenvalue weighted by Gasteiger charge is -2.20. The molecule has 0 atom stereocenters. The maximum absolute atomic E-state index is 12.1. The molecule has 0 aromatic carbocycles. The molecular formula is C22H28N6O4. The van der Waals surface area contributed by atoms with Gasteiger partial charge in [-0.15, -0.1) is 0 Å². The van der Waals surface area contributed by atoms with Crippen molar-refractivity contribution in [2.75, 3.05) is 10.6 Å². The van der Waals surface area contributed by atoms with Crippen LogP contribution in [-0.4, -0.2) is 37.9 Å². The van der Waals surface area contributed by atoms with Crippen LogP contribution in [0.15, 0.2) is 29.0 Å². The Balaban J connectivity index is 1.83. The Labute approximate surface area is 186 Å². The molecule has 3 heterocycles. The summed E-state index contributed by atoms with van der Waals surface area (Å²) in [6, 6.07) is 3.47. The van der Waals surface area contributed by atoms with E-state index in [-0.39, 0.29) is 6.10 Å². The lowest BCUT2D eigenvalue weighted by molar-refractivity contribution is 0.0635. The number of nitrogens with zero attached hydrogens (tertiary/aromatic N) is 4. The Morgan fingerprint density at radius 2 is 1.84 bits per heavy atom. The molecule has 0 saturated heterocycles. The molecule has 0 spiro atoms. The number of anilines is 3. The van der Waals surface area contributed by atoms with Gasteiger partial charge in [0.25, 0.3) is 0 Å². The zero-order valence-corrected chi connectivity index (χ0v) is 19.3. The zero-order valence-electron chi connectivity index (χ0n) is 19.3. The minimum atomic E-state index is -0.594. The third kappa shape index (κ3) is 5.93. The molecule has 0 saturated carbocycles. The van der Waals surface area contributed by atoms with E-state index in [0.29, 0.717) is 45.9 Å². The summed E-state index contributed by atoms with van der Waals surface area (Å²) in [6.07, 6.45) is 2.56. The molecule has 0 unspecified atom stereocenters. The smallest absolute Gasteiger partial charge is 0.412 e. The summed E-state index contributed by atoms with van der Waals surface area (Å²) in [4.78, 5) is 25.2. The molecule has 3 aromatic heterocycles. The van der Waals surface area contributed by atoms with Crippen molar-refractivity contribution >= 4 is 23.3 Å². The van der Waals surface area contributed by atoms with Gasteiger partial charge in [-0.2, -0.15) is 4.98 Å². The second kappa shape index (κ2) is 9.21. The van der Waals surface area contributed by atoms with Crippen LogP contribution in [0.25, 0.3) is 11.5 Å². The molecule has 2 N–H and O–H groups in total. The summed E-state index contributed by atoms with van der Waals surface area (Å²) in [6.45, 7) is 12.8. The molecule has 32 heavy (non-hydrogen) atoms. The Hall–Kier alpha value is -3.69. The standard InChI is InChI=1S/C22H28N6O4/c1-12(2)30-18-11-23-10-17(26-18)27-19-14(4)28-32-20(19)16-9-8-15(13(3)24-16)25-21(29)31-22(5,6)7/h8-12H,1-7H3,(H,25,29)(H,26,27). The number of aryl methyl sites for hydroxylation is 2. The van der Waals surface area contributed by atoms with Crippen molar-refractivity contribution < 1.29 is 18.8 Å². The third-order valence-electron chi connectivity index (χ3n) is 4.04. The Bertz CT molecular complexity index is 1100. The highest BCUT2D eigenvalue weighted by atomic mass is 16.6. The molecule has 3 rings (SSSR count). The number of hydrogen-bond donors (Lipinski definition) is 2. The van der Waals surface area contributed by atoms with E-state index in [1.54, 1.807) is 52.2 Å². The number of pyridine rings is 1. The van der Waals surface area contributed by atoms with Crippen molar-refractivity contribution in [3.8, 4) is 17.3 Å². The van der Waals surface area contributed by atoms with Crippen molar-refractivity contribution in [3.63, 3.8) is 0 Å². The van der Waals surface area contributed by atoms with Crippen molar-refractivity contribution in [1.29, 1.82) is 0 Å². The summed E-state index contributed by atoms with van der Waals surface area (Å²) in [7, 11) is 0. The normalized spacial score (nSPS) is 11.4. The number of amides is 1. The van der Waals surface area contributed by atoms with E-state index >= 15 is 0 Å². The van der Waals surface area contributed by atoms with Crippen molar-refractivity contribution in [1.82, 2.24) is 20.1 Å². The van der Waals surface area contributed by atoms with E-state index in [0.717, 1.165) is 0 Å². The van der Waals surface area contributed by atoms with Crippen LogP contribution in [0.3, 0.4) is 0 Å². The van der Waals surface area contributed by atoms with E-state index in [1.165, 1.54) is 0 Å². The molecule has 10 heteroatoms. The molecule has 0 aliphatic carbocycles. The van der Waals surface area contributed by atoms with Gasteiger partial charge in [0.05, 0.1) is 29.9 Å². The van der Waals surface area contributed by atoms with Gasteiger partial charge >= 0.3 is 6.09 Å². The Morgan fingerprint density at radius 1 is 1.09 bits per heavy atom. The quantitative estimate of drug-likeness (QED) is 0.543. The van der Waals surface area contributed by atoms with Gasteiger partial charge < -0.3 is 19.3 Å². The molecule has 10 nitrogen and oxygen atoms in total. The van der Waals surface area contributed by atoms with Gasteiger partial charge in [-0.25, -0.2) is 9.78 Å². The van der Waals surface area contributed by atoms with Gasteiger partial charge in [-0.1, -0.05) is 5.16 Å². The fourth-order valence-corrected chi connectivity index (χ4v) is 2.76. The van der Waals surface area contributed by atoms with Gasteiger partial charge in [0, 0.05) is 0 Å². The summed E-state index contributed by atoms with van der Waals surface area (Å²) in [5.41, 5.74) is 2.33. The molecule has 0 radical (unpaired) electrons. The zero-order chi connectivity index (χ0) is 23.5. The predicted molar refractivity (Wildman–Crippen MR) is 120 cm³/mol. The number of hydrogen-bond acceptors (Lipinski definition) is 9. The molecule has 3 aromatic rings. The van der Waals surface area contributed by atoms with Crippen LogP contribution < -0.4 is 15.4 Å². The molecule has 0 fully saturated rings. The summed E-state index contributed by atoms with van der Waals surface area (Å²) in [5, 5.41) is 9.95. The minimum Gasteiger partial charge on any atom is -0.474 e.